The van der Waals surface area contributed by atoms with Gasteiger partial charge in [-0.05, 0) is 50.3 Å². The number of hydrogen-bond acceptors (Lipinski definition) is 4. The van der Waals surface area contributed by atoms with Crippen LogP contribution in [0.25, 0.3) is 11.1 Å². The third-order valence-electron chi connectivity index (χ3n) is 7.36. The van der Waals surface area contributed by atoms with Crippen LogP contribution in [0, 0.1) is 0 Å². The van der Waals surface area contributed by atoms with E-state index in [0.29, 0.717) is 4.48 Å². The van der Waals surface area contributed by atoms with Gasteiger partial charge in [-0.1, -0.05) is 74.2 Å². The number of carbonyl (C=O) groups excluding carboxylic acids is 1. The normalized spacial score (nSPS) is 14.8. The summed E-state index contributed by atoms with van der Waals surface area (Å²) in [6.07, 6.45) is 9.83. The fourth-order valence-electron chi connectivity index (χ4n) is 5.21. The lowest BCUT2D eigenvalue weighted by molar-refractivity contribution is -0.883. The van der Waals surface area contributed by atoms with Crippen LogP contribution >= 0.6 is 0 Å². The average Bonchev–Trinajstić information content (AvgIpc) is 2.88. The van der Waals surface area contributed by atoms with Crippen molar-refractivity contribution >= 4 is 17.7 Å². The summed E-state index contributed by atoms with van der Waals surface area (Å²) in [7, 11) is 3.98. The Kier molecular flexibility index (Phi) is 12.1. The zero-order valence-corrected chi connectivity index (χ0v) is 23.2. The molecule has 0 spiro atoms. The number of unbranched alkanes of at least 4 members (excludes halogenated alkanes) is 6. The van der Waals surface area contributed by atoms with Crippen molar-refractivity contribution in [2.45, 2.75) is 63.9 Å². The van der Waals surface area contributed by atoms with Crippen LogP contribution in [0.15, 0.2) is 54.6 Å². The average molecular weight is 525 g/mol. The molecule has 2 aromatic carbocycles. The molecule has 0 aromatic heterocycles. The van der Waals surface area contributed by atoms with Gasteiger partial charge < -0.3 is 19.2 Å². The van der Waals surface area contributed by atoms with Crippen molar-refractivity contribution in [1.29, 1.82) is 0 Å². The molecular formula is C31H46N3O4+. The second kappa shape index (κ2) is 15.5. The second-order valence-electron chi connectivity index (χ2n) is 11.2. The van der Waals surface area contributed by atoms with E-state index in [4.69, 9.17) is 9.84 Å². The number of anilines is 1. The minimum Gasteiger partial charge on any atom is -0.477 e. The van der Waals surface area contributed by atoms with Crippen molar-refractivity contribution in [2.75, 3.05) is 52.1 Å². The predicted molar refractivity (Wildman–Crippen MR) is 153 cm³/mol. The lowest BCUT2D eigenvalue weighted by atomic mass is 10.0. The number of carbonyl (C=O) groups is 2. The highest BCUT2D eigenvalue weighted by atomic mass is 16.6. The van der Waals surface area contributed by atoms with Gasteiger partial charge in [-0.25, -0.2) is 9.59 Å². The van der Waals surface area contributed by atoms with Crippen LogP contribution in [-0.4, -0.2) is 79.5 Å². The number of likely N-dealkylation sites (tertiary alicyclic amines) is 1. The van der Waals surface area contributed by atoms with E-state index in [1.807, 2.05) is 68.7 Å². The van der Waals surface area contributed by atoms with E-state index >= 15 is 0 Å². The number of piperidine rings is 1. The van der Waals surface area contributed by atoms with Crippen LogP contribution in [0.5, 0.6) is 0 Å². The number of nitrogens with one attached hydrogen (secondary N) is 1. The van der Waals surface area contributed by atoms with Crippen molar-refractivity contribution in [3.63, 3.8) is 0 Å². The largest absolute Gasteiger partial charge is 0.477 e. The number of amides is 1. The monoisotopic (exact) mass is 524 g/mol. The van der Waals surface area contributed by atoms with Crippen LogP contribution < -0.4 is 5.32 Å². The molecule has 0 bridgehead atoms. The smallest absolute Gasteiger partial charge is 0.411 e. The van der Waals surface area contributed by atoms with Gasteiger partial charge in [-0.15, -0.1) is 0 Å². The Morgan fingerprint density at radius 3 is 2.18 bits per heavy atom. The van der Waals surface area contributed by atoms with Crippen molar-refractivity contribution in [2.24, 2.45) is 0 Å². The number of rotatable bonds is 15. The summed E-state index contributed by atoms with van der Waals surface area (Å²) in [4.78, 5) is 26.0. The molecule has 1 saturated heterocycles. The fraction of sp³-hybridized carbons (Fsp3) is 0.548. The molecule has 0 radical (unpaired) electrons. The molecule has 2 aromatic rings. The molecule has 0 atom stereocenters. The molecular weight excluding hydrogens is 478 g/mol. The lowest BCUT2D eigenvalue weighted by Gasteiger charge is -2.31. The van der Waals surface area contributed by atoms with Crippen LogP contribution in [0.4, 0.5) is 10.5 Å². The van der Waals surface area contributed by atoms with Crippen LogP contribution in [0.3, 0.4) is 0 Å². The Morgan fingerprint density at radius 2 is 1.50 bits per heavy atom. The first-order valence-corrected chi connectivity index (χ1v) is 14.2. The Hall–Kier alpha value is -2.90. The van der Waals surface area contributed by atoms with Gasteiger partial charge in [0, 0.05) is 18.7 Å². The highest BCUT2D eigenvalue weighted by Gasteiger charge is 2.22. The van der Waals surface area contributed by atoms with Crippen LogP contribution in [-0.2, 0) is 9.53 Å². The maximum atomic E-state index is 12.6. The van der Waals surface area contributed by atoms with Crippen molar-refractivity contribution < 1.29 is 23.9 Å². The topological polar surface area (TPSA) is 78.9 Å². The molecule has 208 valence electrons. The molecule has 0 aliphatic carbocycles. The zero-order valence-electron chi connectivity index (χ0n) is 23.2. The lowest BCUT2D eigenvalue weighted by Crippen LogP contribution is -2.44. The van der Waals surface area contributed by atoms with Gasteiger partial charge in [0.05, 0.1) is 26.3 Å². The molecule has 3 rings (SSSR count). The molecule has 38 heavy (non-hydrogen) atoms. The summed E-state index contributed by atoms with van der Waals surface area (Å²) in [6.45, 7) is 4.19. The maximum Gasteiger partial charge on any atom is 0.411 e. The number of quaternary nitrogens is 1. The van der Waals surface area contributed by atoms with Crippen LogP contribution in [0.2, 0.25) is 0 Å². The number of nitrogens with zero attached hydrogens (tertiary/aromatic N) is 2. The molecule has 1 heterocycles. The zero-order chi connectivity index (χ0) is 27.2. The number of hydrogen-bond donors (Lipinski definition) is 2. The quantitative estimate of drug-likeness (QED) is 0.212. The molecule has 7 heteroatoms. The molecule has 1 amide bonds. The third-order valence-corrected chi connectivity index (χ3v) is 7.36. The number of ether oxygens (including phenoxy) is 1. The van der Waals surface area contributed by atoms with Gasteiger partial charge in [-0.2, -0.15) is 0 Å². The minimum absolute atomic E-state index is 0.0331. The number of aliphatic carboxylic acids is 1. The van der Waals surface area contributed by atoms with Crippen molar-refractivity contribution in [3.05, 3.63) is 54.6 Å². The second-order valence-corrected chi connectivity index (χ2v) is 11.2. The number of likely N-dealkylation sites (N-methyl/N-ethyl adjacent to an activating group) is 1. The highest BCUT2D eigenvalue weighted by Crippen LogP contribution is 2.28. The third kappa shape index (κ3) is 10.8. The highest BCUT2D eigenvalue weighted by molar-refractivity contribution is 5.91. The summed E-state index contributed by atoms with van der Waals surface area (Å²) >= 11 is 0. The summed E-state index contributed by atoms with van der Waals surface area (Å²) in [6, 6.07) is 17.9. The SMILES string of the molecule is C[N+](C)(CCCCCCCCCN1CCC(OC(=O)Nc2ccccc2-c2ccccc2)CC1)CC(=O)O. The van der Waals surface area contributed by atoms with Gasteiger partial charge in [0.1, 0.15) is 6.10 Å². The van der Waals surface area contributed by atoms with E-state index in [1.165, 1.54) is 38.5 Å². The van der Waals surface area contributed by atoms with Gasteiger partial charge >= 0.3 is 12.1 Å². The number of carboxylic acids is 1. The summed E-state index contributed by atoms with van der Waals surface area (Å²) in [5.74, 6) is -0.724. The van der Waals surface area contributed by atoms with E-state index < -0.39 is 5.97 Å². The molecule has 7 nitrogen and oxygen atoms in total. The number of carboxylic acid groups (broad SMARTS) is 1. The first-order chi connectivity index (χ1) is 18.3. The molecule has 1 fully saturated rings. The number of para-hydroxylation sites is 1. The van der Waals surface area contributed by atoms with Gasteiger partial charge in [0.2, 0.25) is 0 Å². The molecule has 2 N–H and O–H groups in total. The van der Waals surface area contributed by atoms with E-state index in [9.17, 15) is 9.59 Å². The van der Waals surface area contributed by atoms with E-state index in [1.54, 1.807) is 0 Å². The first kappa shape index (κ1) is 29.7. The molecule has 1 aliphatic rings. The standard InChI is InChI=1S/C31H45N3O4/c1-34(2,25-30(35)36)24-14-7-5-3-4-6-13-21-33-22-19-27(20-23-33)38-31(37)32-29-18-12-11-17-28(29)26-15-9-8-10-16-26/h8-12,15-18,27H,3-7,13-14,19-25H2,1-2H3,(H-,32,35,36,37)/p+1. The summed E-state index contributed by atoms with van der Waals surface area (Å²) < 4.78 is 6.32. The number of benzene rings is 2. The van der Waals surface area contributed by atoms with Gasteiger partial charge in [-0.3, -0.25) is 5.32 Å². The molecule has 0 unspecified atom stereocenters. The van der Waals surface area contributed by atoms with Crippen molar-refractivity contribution in [1.82, 2.24) is 4.90 Å². The fourth-order valence-corrected chi connectivity index (χ4v) is 5.21. The van der Waals surface area contributed by atoms with E-state index in [0.717, 1.165) is 62.3 Å². The maximum absolute atomic E-state index is 12.6. The Labute approximate surface area is 228 Å². The Morgan fingerprint density at radius 1 is 0.895 bits per heavy atom. The first-order valence-electron chi connectivity index (χ1n) is 14.2. The Bertz CT molecular complexity index is 988. The predicted octanol–water partition coefficient (Wildman–Crippen LogP) is 6.26. The van der Waals surface area contributed by atoms with E-state index in [-0.39, 0.29) is 18.7 Å². The van der Waals surface area contributed by atoms with Gasteiger partial charge in [0.25, 0.3) is 0 Å². The molecule has 0 saturated carbocycles. The van der Waals surface area contributed by atoms with E-state index in [2.05, 4.69) is 10.2 Å². The summed E-state index contributed by atoms with van der Waals surface area (Å²) in [5.41, 5.74) is 2.81. The van der Waals surface area contributed by atoms with Crippen LogP contribution in [0.1, 0.15) is 57.8 Å². The summed E-state index contributed by atoms with van der Waals surface area (Å²) in [5, 5.41) is 11.9. The molecule has 1 aliphatic heterocycles. The van der Waals surface area contributed by atoms with Crippen molar-refractivity contribution in [3.8, 4) is 11.1 Å². The van der Waals surface area contributed by atoms with Gasteiger partial charge in [0.15, 0.2) is 6.54 Å². The minimum atomic E-state index is -0.724. The Balaban J connectivity index is 1.24.